The quantitative estimate of drug-likeness (QED) is 0.315. The Balaban J connectivity index is 1.48. The summed E-state index contributed by atoms with van der Waals surface area (Å²) in [4.78, 5) is 23.5. The first-order chi connectivity index (χ1) is 16.8. The molecule has 0 radical (unpaired) electrons. The molecule has 3 aromatic carbocycles. The number of carboxylic acids is 1. The second kappa shape index (κ2) is 10.4. The number of aliphatic carboxylic acids is 1. The first-order valence-corrected chi connectivity index (χ1v) is 11.3. The van der Waals surface area contributed by atoms with E-state index < -0.39 is 18.2 Å². The Morgan fingerprint density at radius 1 is 1.00 bits per heavy atom. The Kier molecular flexibility index (Phi) is 7.17. The lowest BCUT2D eigenvalue weighted by Crippen LogP contribution is -2.18. The fraction of sp³-hybridized carbons (Fsp3) is 0.148. The molecular formula is C27H24ClN3O4. The number of rotatable bonds is 7. The van der Waals surface area contributed by atoms with Gasteiger partial charge in [0, 0.05) is 23.2 Å². The first-order valence-electron chi connectivity index (χ1n) is 11.0. The molecule has 1 heterocycles. The summed E-state index contributed by atoms with van der Waals surface area (Å²) in [6.07, 6.45) is 0.542. The Morgan fingerprint density at radius 3 is 2.23 bits per heavy atom. The van der Waals surface area contributed by atoms with Gasteiger partial charge < -0.3 is 9.84 Å². The zero-order valence-electron chi connectivity index (χ0n) is 19.2. The van der Waals surface area contributed by atoms with Crippen molar-refractivity contribution in [2.24, 2.45) is 7.05 Å². The molecule has 1 aromatic heterocycles. The fourth-order valence-electron chi connectivity index (χ4n) is 3.78. The number of anilines is 1. The summed E-state index contributed by atoms with van der Waals surface area (Å²) in [5.74, 6) is -0.350. The third kappa shape index (κ3) is 5.70. The van der Waals surface area contributed by atoms with Crippen LogP contribution in [0.15, 0.2) is 79.0 Å². The average Bonchev–Trinajstić information content (AvgIpc) is 3.19. The van der Waals surface area contributed by atoms with Gasteiger partial charge in [0.1, 0.15) is 11.9 Å². The van der Waals surface area contributed by atoms with Gasteiger partial charge in [-0.1, -0.05) is 78.3 Å². The number of hydrogen-bond acceptors (Lipinski definition) is 4. The first kappa shape index (κ1) is 24.0. The molecule has 1 unspecified atom stereocenters. The highest BCUT2D eigenvalue weighted by Crippen LogP contribution is 2.31. The lowest BCUT2D eigenvalue weighted by atomic mass is 10.00. The molecule has 4 rings (SSSR count). The normalized spacial score (nSPS) is 11.6. The summed E-state index contributed by atoms with van der Waals surface area (Å²) < 4.78 is 7.11. The van der Waals surface area contributed by atoms with E-state index in [1.807, 2.05) is 66.7 Å². The van der Waals surface area contributed by atoms with Gasteiger partial charge in [-0.25, -0.2) is 4.79 Å². The van der Waals surface area contributed by atoms with Crippen LogP contribution in [0.3, 0.4) is 0 Å². The number of carbonyl (C=O) groups excluding carboxylic acids is 1. The van der Waals surface area contributed by atoms with E-state index in [9.17, 15) is 9.59 Å². The fourth-order valence-corrected chi connectivity index (χ4v) is 4.07. The van der Waals surface area contributed by atoms with E-state index in [1.54, 1.807) is 30.9 Å². The zero-order chi connectivity index (χ0) is 24.9. The molecule has 0 aliphatic rings. The lowest BCUT2D eigenvalue weighted by molar-refractivity contribution is -0.136. The molecule has 0 spiro atoms. The smallest absolute Gasteiger partial charge is 0.413 e. The van der Waals surface area contributed by atoms with Gasteiger partial charge in [-0.2, -0.15) is 5.10 Å². The molecule has 0 bridgehead atoms. The van der Waals surface area contributed by atoms with Gasteiger partial charge in [0.2, 0.25) is 0 Å². The van der Waals surface area contributed by atoms with Crippen LogP contribution >= 0.6 is 11.6 Å². The van der Waals surface area contributed by atoms with Crippen LogP contribution in [0.4, 0.5) is 10.6 Å². The molecule has 1 atom stereocenters. The third-order valence-electron chi connectivity index (χ3n) is 5.62. The number of hydrogen-bond donors (Lipinski definition) is 2. The molecular weight excluding hydrogens is 466 g/mol. The van der Waals surface area contributed by atoms with Crippen LogP contribution in [-0.2, 0) is 23.0 Å². The number of amides is 1. The third-order valence-corrected chi connectivity index (χ3v) is 5.97. The van der Waals surface area contributed by atoms with Gasteiger partial charge >= 0.3 is 12.1 Å². The molecule has 0 saturated heterocycles. The van der Waals surface area contributed by atoms with Crippen molar-refractivity contribution in [1.29, 1.82) is 0 Å². The highest BCUT2D eigenvalue weighted by molar-refractivity contribution is 6.31. The molecule has 8 heteroatoms. The monoisotopic (exact) mass is 489 g/mol. The van der Waals surface area contributed by atoms with Crippen molar-refractivity contribution in [1.82, 2.24) is 9.78 Å². The van der Waals surface area contributed by atoms with Gasteiger partial charge in [0.05, 0.1) is 12.6 Å². The van der Waals surface area contributed by atoms with Gasteiger partial charge in [0.25, 0.3) is 0 Å². The van der Waals surface area contributed by atoms with E-state index in [2.05, 4.69) is 10.4 Å². The highest BCUT2D eigenvalue weighted by Gasteiger charge is 2.18. The van der Waals surface area contributed by atoms with E-state index in [-0.39, 0.29) is 6.42 Å². The van der Waals surface area contributed by atoms with Gasteiger partial charge in [-0.15, -0.1) is 0 Å². The number of carboxylic acid groups (broad SMARTS) is 1. The van der Waals surface area contributed by atoms with Gasteiger partial charge in [0.15, 0.2) is 0 Å². The van der Waals surface area contributed by atoms with Crippen LogP contribution < -0.4 is 5.32 Å². The maximum absolute atomic E-state index is 12.6. The molecule has 2 N–H and O–H groups in total. The topological polar surface area (TPSA) is 93.4 Å². The summed E-state index contributed by atoms with van der Waals surface area (Å²) in [5.41, 5.74) is 5.06. The van der Waals surface area contributed by atoms with Crippen LogP contribution in [0.1, 0.15) is 24.2 Å². The van der Waals surface area contributed by atoms with Crippen molar-refractivity contribution >= 4 is 29.5 Å². The van der Waals surface area contributed by atoms with E-state index in [4.69, 9.17) is 21.4 Å². The molecule has 0 aliphatic heterocycles. The Hall–Kier alpha value is -4.10. The van der Waals surface area contributed by atoms with Crippen molar-refractivity contribution in [2.75, 3.05) is 5.32 Å². The standard InChI is InChI=1S/C27H24ClN3O4/c1-17(22-5-3-4-6-24(22)28)35-27(34)30-26-23(16-29-31(26)2)21-13-11-20(12-14-21)19-9-7-18(8-10-19)15-25(32)33/h3-14,16-17H,15H2,1-2H3,(H,30,34)(H,32,33). The van der Waals surface area contributed by atoms with Gasteiger partial charge in [-0.05, 0) is 35.2 Å². The largest absolute Gasteiger partial charge is 0.481 e. The van der Waals surface area contributed by atoms with E-state index in [0.29, 0.717) is 10.8 Å². The second-order valence-electron chi connectivity index (χ2n) is 8.07. The molecule has 4 aromatic rings. The number of aryl methyl sites for hydroxylation is 1. The van der Waals surface area contributed by atoms with Crippen molar-refractivity contribution in [2.45, 2.75) is 19.4 Å². The molecule has 0 fully saturated rings. The van der Waals surface area contributed by atoms with Crippen molar-refractivity contribution < 1.29 is 19.4 Å². The number of ether oxygens (including phenoxy) is 1. The van der Waals surface area contributed by atoms with Crippen LogP contribution in [0.25, 0.3) is 22.3 Å². The maximum atomic E-state index is 12.6. The molecule has 0 saturated carbocycles. The second-order valence-corrected chi connectivity index (χ2v) is 8.48. The SMILES string of the molecule is CC(OC(=O)Nc1c(-c2ccc(-c3ccc(CC(=O)O)cc3)cc2)cnn1C)c1ccccc1Cl. The summed E-state index contributed by atoms with van der Waals surface area (Å²) in [7, 11) is 1.74. The molecule has 178 valence electrons. The van der Waals surface area contributed by atoms with Crippen LogP contribution in [0.5, 0.6) is 0 Å². The minimum atomic E-state index is -0.856. The summed E-state index contributed by atoms with van der Waals surface area (Å²) in [6.45, 7) is 1.76. The van der Waals surface area contributed by atoms with Crippen molar-refractivity contribution in [3.05, 3.63) is 95.1 Å². The number of nitrogens with zero attached hydrogens (tertiary/aromatic N) is 2. The Morgan fingerprint density at radius 2 is 1.60 bits per heavy atom. The Bertz CT molecular complexity index is 1350. The zero-order valence-corrected chi connectivity index (χ0v) is 20.0. The summed E-state index contributed by atoms with van der Waals surface area (Å²) >= 11 is 6.21. The van der Waals surface area contributed by atoms with Crippen molar-refractivity contribution in [3.8, 4) is 22.3 Å². The number of halogens is 1. The van der Waals surface area contributed by atoms with Gasteiger partial charge in [-0.3, -0.25) is 14.8 Å². The van der Waals surface area contributed by atoms with E-state index in [0.717, 1.165) is 33.4 Å². The predicted octanol–water partition coefficient (Wildman–Crippen LogP) is 6.34. The Labute approximate surface area is 207 Å². The number of aromatic nitrogens is 2. The van der Waals surface area contributed by atoms with Crippen LogP contribution in [-0.4, -0.2) is 26.9 Å². The summed E-state index contributed by atoms with van der Waals surface area (Å²) in [6, 6.07) is 22.5. The molecule has 35 heavy (non-hydrogen) atoms. The number of nitrogens with one attached hydrogen (secondary N) is 1. The average molecular weight is 490 g/mol. The summed E-state index contributed by atoms with van der Waals surface area (Å²) in [5, 5.41) is 16.5. The lowest BCUT2D eigenvalue weighted by Gasteiger charge is -2.16. The molecule has 1 amide bonds. The molecule has 7 nitrogen and oxygen atoms in total. The molecule has 0 aliphatic carbocycles. The van der Waals surface area contributed by atoms with E-state index >= 15 is 0 Å². The number of carbonyl (C=O) groups is 2. The maximum Gasteiger partial charge on any atom is 0.413 e. The number of benzene rings is 3. The van der Waals surface area contributed by atoms with E-state index in [1.165, 1.54) is 0 Å². The van der Waals surface area contributed by atoms with Crippen LogP contribution in [0, 0.1) is 0 Å². The minimum absolute atomic E-state index is 0.00436. The van der Waals surface area contributed by atoms with Crippen molar-refractivity contribution in [3.63, 3.8) is 0 Å². The predicted molar refractivity (Wildman–Crippen MR) is 135 cm³/mol. The van der Waals surface area contributed by atoms with Crippen LogP contribution in [0.2, 0.25) is 5.02 Å². The minimum Gasteiger partial charge on any atom is -0.481 e. The highest BCUT2D eigenvalue weighted by atomic mass is 35.5.